The van der Waals surface area contributed by atoms with Crippen molar-refractivity contribution < 1.29 is 19.1 Å². The van der Waals surface area contributed by atoms with E-state index in [0.29, 0.717) is 42.8 Å². The van der Waals surface area contributed by atoms with Crippen molar-refractivity contribution in [3.63, 3.8) is 0 Å². The van der Waals surface area contributed by atoms with Gasteiger partial charge in [-0.05, 0) is 29.5 Å². The van der Waals surface area contributed by atoms with Crippen molar-refractivity contribution in [1.82, 2.24) is 0 Å². The highest BCUT2D eigenvalue weighted by Gasteiger charge is 2.42. The number of nitrogens with zero attached hydrogens (tertiary/aromatic N) is 1. The topological polar surface area (TPSA) is 102 Å². The summed E-state index contributed by atoms with van der Waals surface area (Å²) >= 11 is 0. The van der Waals surface area contributed by atoms with E-state index >= 15 is 0 Å². The molecule has 1 aliphatic heterocycles. The van der Waals surface area contributed by atoms with Gasteiger partial charge in [0.05, 0.1) is 5.92 Å². The van der Waals surface area contributed by atoms with E-state index < -0.39 is 5.92 Å². The van der Waals surface area contributed by atoms with Crippen LogP contribution >= 0.6 is 0 Å². The van der Waals surface area contributed by atoms with Gasteiger partial charge in [-0.2, -0.15) is 5.26 Å². The van der Waals surface area contributed by atoms with Crippen LogP contribution in [0.3, 0.4) is 0 Å². The van der Waals surface area contributed by atoms with Crippen molar-refractivity contribution in [3.8, 4) is 11.8 Å². The molecule has 6 nitrogen and oxygen atoms in total. The maximum atomic E-state index is 12.9. The summed E-state index contributed by atoms with van der Waals surface area (Å²) in [5.41, 5.74) is 7.25. The molecule has 0 saturated carbocycles. The Bertz CT molecular complexity index is 917. The Morgan fingerprint density at radius 3 is 2.61 bits per heavy atom. The van der Waals surface area contributed by atoms with E-state index in [9.17, 15) is 14.9 Å². The summed E-state index contributed by atoms with van der Waals surface area (Å²) in [4.78, 5) is 24.6. The van der Waals surface area contributed by atoms with E-state index in [2.05, 4.69) is 6.07 Å². The van der Waals surface area contributed by atoms with Gasteiger partial charge in [0.1, 0.15) is 23.2 Å². The second kappa shape index (κ2) is 7.51. The molecule has 1 aliphatic carbocycles. The first-order valence-corrected chi connectivity index (χ1v) is 9.40. The molecular weight excluding hydrogens is 356 g/mol. The number of Topliss-reactive ketones (excluding diaryl/α,β-unsaturated/α-hetero) is 1. The van der Waals surface area contributed by atoms with Crippen molar-refractivity contribution in [2.24, 2.45) is 11.1 Å². The lowest BCUT2D eigenvalue weighted by Crippen LogP contribution is -2.33. The second-order valence-corrected chi connectivity index (χ2v) is 8.00. The largest absolute Gasteiger partial charge is 0.444 e. The first-order chi connectivity index (χ1) is 13.3. The smallest absolute Gasteiger partial charge is 0.311 e. The molecule has 0 bridgehead atoms. The zero-order valence-electron chi connectivity index (χ0n) is 16.4. The Morgan fingerprint density at radius 2 is 2.00 bits per heavy atom. The van der Waals surface area contributed by atoms with Crippen LogP contribution in [0, 0.1) is 16.7 Å². The minimum atomic E-state index is -0.572. The molecule has 146 valence electrons. The molecule has 2 N–H and O–H groups in total. The molecule has 6 heteroatoms. The van der Waals surface area contributed by atoms with Gasteiger partial charge in [-0.15, -0.1) is 0 Å². The fourth-order valence-electron chi connectivity index (χ4n) is 3.73. The number of rotatable bonds is 4. The molecule has 1 heterocycles. The molecule has 1 aromatic carbocycles. The van der Waals surface area contributed by atoms with E-state index in [1.54, 1.807) is 24.3 Å². The predicted molar refractivity (Wildman–Crippen MR) is 103 cm³/mol. The Hall–Kier alpha value is -3.07. The maximum Gasteiger partial charge on any atom is 0.311 e. The number of benzene rings is 1. The molecule has 0 amide bonds. The highest BCUT2D eigenvalue weighted by molar-refractivity contribution is 6.00. The zero-order valence-corrected chi connectivity index (χ0v) is 16.4. The fourth-order valence-corrected chi connectivity index (χ4v) is 3.73. The van der Waals surface area contributed by atoms with E-state index in [-0.39, 0.29) is 28.6 Å². The monoisotopic (exact) mass is 380 g/mol. The molecule has 0 radical (unpaired) electrons. The maximum absolute atomic E-state index is 12.9. The summed E-state index contributed by atoms with van der Waals surface area (Å²) in [6, 6.07) is 8.95. The third-order valence-corrected chi connectivity index (χ3v) is 4.97. The highest BCUT2D eigenvalue weighted by atomic mass is 16.5. The Morgan fingerprint density at radius 1 is 1.32 bits per heavy atom. The highest BCUT2D eigenvalue weighted by Crippen LogP contribution is 2.47. The number of carbonyl (C=O) groups is 2. The van der Waals surface area contributed by atoms with Crippen molar-refractivity contribution in [1.29, 1.82) is 5.26 Å². The van der Waals surface area contributed by atoms with Crippen LogP contribution in [0.5, 0.6) is 5.75 Å². The number of ether oxygens (including phenoxy) is 2. The number of hydrogen-bond acceptors (Lipinski definition) is 6. The van der Waals surface area contributed by atoms with E-state index in [1.165, 1.54) is 0 Å². The first-order valence-electron chi connectivity index (χ1n) is 9.40. The lowest BCUT2D eigenvalue weighted by molar-refractivity contribution is -0.134. The quantitative estimate of drug-likeness (QED) is 0.629. The van der Waals surface area contributed by atoms with Crippen LogP contribution < -0.4 is 10.5 Å². The van der Waals surface area contributed by atoms with Crippen LogP contribution in [-0.4, -0.2) is 11.8 Å². The van der Waals surface area contributed by atoms with Crippen LogP contribution in [0.2, 0.25) is 0 Å². The summed E-state index contributed by atoms with van der Waals surface area (Å²) in [7, 11) is 0. The van der Waals surface area contributed by atoms with Crippen LogP contribution in [0.25, 0.3) is 0 Å². The van der Waals surface area contributed by atoms with Crippen molar-refractivity contribution in [2.45, 2.75) is 52.4 Å². The van der Waals surface area contributed by atoms with Gasteiger partial charge < -0.3 is 15.2 Å². The number of ketones is 1. The summed E-state index contributed by atoms with van der Waals surface area (Å²) in [6.45, 7) is 5.92. The Balaban J connectivity index is 1.98. The lowest BCUT2D eigenvalue weighted by atomic mass is 9.70. The molecule has 1 aromatic rings. The van der Waals surface area contributed by atoms with Crippen LogP contribution in [0.4, 0.5) is 0 Å². The number of carbonyl (C=O) groups excluding carboxylic acids is 2. The molecular formula is C22H24N2O4. The summed E-state index contributed by atoms with van der Waals surface area (Å²) in [6.07, 6.45) is 2.03. The zero-order chi connectivity index (χ0) is 20.5. The minimum absolute atomic E-state index is 0.0325. The predicted octanol–water partition coefficient (Wildman–Crippen LogP) is 3.84. The molecule has 1 unspecified atom stereocenters. The molecule has 0 saturated heterocycles. The summed E-state index contributed by atoms with van der Waals surface area (Å²) in [5.74, 6) is 0.108. The standard InChI is InChI=1S/C22H24N2O4/c1-4-5-18(26)27-14-8-6-13(7-9-14)19-15(12-23)21(24)28-17-11-22(2,3)10-16(25)20(17)19/h6-9,19H,4-5,10-11,24H2,1-3H3. The summed E-state index contributed by atoms with van der Waals surface area (Å²) in [5, 5.41) is 9.63. The Kier molecular flexibility index (Phi) is 5.28. The van der Waals surface area contributed by atoms with Crippen LogP contribution in [0.1, 0.15) is 57.9 Å². The number of nitriles is 1. The number of nitrogens with two attached hydrogens (primary N) is 1. The average Bonchev–Trinajstić information content (AvgIpc) is 2.60. The molecule has 3 rings (SSSR count). The van der Waals surface area contributed by atoms with Gasteiger partial charge in [-0.3, -0.25) is 9.59 Å². The second-order valence-electron chi connectivity index (χ2n) is 8.00. The Labute approximate surface area is 164 Å². The van der Waals surface area contributed by atoms with Gasteiger partial charge in [-0.1, -0.05) is 32.9 Å². The lowest BCUT2D eigenvalue weighted by Gasteiger charge is -2.37. The van der Waals surface area contributed by atoms with Gasteiger partial charge in [-0.25, -0.2) is 0 Å². The number of allylic oxidation sites excluding steroid dienone is 3. The minimum Gasteiger partial charge on any atom is -0.444 e. The molecule has 0 fully saturated rings. The van der Waals surface area contributed by atoms with Gasteiger partial charge >= 0.3 is 5.97 Å². The van der Waals surface area contributed by atoms with Crippen LogP contribution in [-0.2, 0) is 14.3 Å². The number of esters is 1. The molecule has 28 heavy (non-hydrogen) atoms. The van der Waals surface area contributed by atoms with Crippen molar-refractivity contribution in [3.05, 3.63) is 52.6 Å². The molecule has 0 spiro atoms. The van der Waals surface area contributed by atoms with Crippen molar-refractivity contribution >= 4 is 11.8 Å². The normalized spacial score (nSPS) is 20.9. The first kappa shape index (κ1) is 19.7. The average molecular weight is 380 g/mol. The van der Waals surface area contributed by atoms with Gasteiger partial charge in [0, 0.05) is 24.8 Å². The van der Waals surface area contributed by atoms with Crippen molar-refractivity contribution in [2.75, 3.05) is 0 Å². The summed E-state index contributed by atoms with van der Waals surface area (Å²) < 4.78 is 11.0. The number of hydrogen-bond donors (Lipinski definition) is 1. The van der Waals surface area contributed by atoms with E-state index in [4.69, 9.17) is 15.2 Å². The third kappa shape index (κ3) is 3.79. The molecule has 1 atom stereocenters. The molecule has 2 aliphatic rings. The fraction of sp³-hybridized carbons (Fsp3) is 0.409. The molecule has 0 aromatic heterocycles. The van der Waals surface area contributed by atoms with Crippen LogP contribution in [0.15, 0.2) is 47.1 Å². The van der Waals surface area contributed by atoms with E-state index in [1.807, 2.05) is 20.8 Å². The van der Waals surface area contributed by atoms with E-state index in [0.717, 1.165) is 5.56 Å². The van der Waals surface area contributed by atoms with Gasteiger partial charge in [0.25, 0.3) is 0 Å². The van der Waals surface area contributed by atoms with Gasteiger partial charge in [0.15, 0.2) is 5.78 Å². The SMILES string of the molecule is CCCC(=O)Oc1ccc(C2C(C#N)=C(N)OC3=C2C(=O)CC(C)(C)C3)cc1. The van der Waals surface area contributed by atoms with Gasteiger partial charge in [0.2, 0.25) is 5.88 Å². The third-order valence-electron chi connectivity index (χ3n) is 4.97.